The van der Waals surface area contributed by atoms with Gasteiger partial charge in [0.1, 0.15) is 0 Å². The van der Waals surface area contributed by atoms with E-state index >= 15 is 0 Å². The molecule has 0 saturated heterocycles. The van der Waals surface area contributed by atoms with Gasteiger partial charge in [0.05, 0.1) is 0 Å². The van der Waals surface area contributed by atoms with E-state index in [-0.39, 0.29) is 5.78 Å². The molecule has 0 aliphatic heterocycles. The second-order valence-corrected chi connectivity index (χ2v) is 4.72. The predicted molar refractivity (Wildman–Crippen MR) is 81.8 cm³/mol. The molecule has 19 heavy (non-hydrogen) atoms. The van der Waals surface area contributed by atoms with Crippen LogP contribution in [-0.2, 0) is 0 Å². The van der Waals surface area contributed by atoms with Gasteiger partial charge in [0, 0.05) is 30.0 Å². The third-order valence-electron chi connectivity index (χ3n) is 3.18. The largest absolute Gasteiger partial charge is 0.398 e. The van der Waals surface area contributed by atoms with E-state index in [1.807, 2.05) is 12.1 Å². The summed E-state index contributed by atoms with van der Waals surface area (Å²) in [6.07, 6.45) is 1.17. The molecule has 0 aliphatic carbocycles. The fourth-order valence-corrected chi connectivity index (χ4v) is 2.10. The molecule has 1 aromatic carbocycles. The van der Waals surface area contributed by atoms with Crippen LogP contribution in [-0.4, -0.2) is 36.9 Å². The van der Waals surface area contributed by atoms with Gasteiger partial charge in [-0.25, -0.2) is 0 Å². The molecule has 4 heteroatoms. The first kappa shape index (κ1) is 15.5. The summed E-state index contributed by atoms with van der Waals surface area (Å²) in [5.74, 6) is 0.00385. The lowest BCUT2D eigenvalue weighted by molar-refractivity contribution is 0.101. The van der Waals surface area contributed by atoms with E-state index in [0.29, 0.717) is 11.3 Å². The lowest BCUT2D eigenvalue weighted by Gasteiger charge is -2.20. The first-order chi connectivity index (χ1) is 9.08. The normalized spacial score (nSPS) is 10.7. The number of Topliss-reactive ketones (excluding diaryl/α,β-unsaturated/α-hetero) is 1. The van der Waals surface area contributed by atoms with Gasteiger partial charge < -0.3 is 16.0 Å². The van der Waals surface area contributed by atoms with Crippen LogP contribution in [0.4, 0.5) is 11.4 Å². The maximum absolute atomic E-state index is 11.3. The molecule has 0 amide bonds. The first-order valence-corrected chi connectivity index (χ1v) is 6.95. The quantitative estimate of drug-likeness (QED) is 0.559. The first-order valence-electron chi connectivity index (χ1n) is 6.95. The lowest BCUT2D eigenvalue weighted by Crippen LogP contribution is -2.29. The summed E-state index contributed by atoms with van der Waals surface area (Å²) in [6, 6.07) is 5.51. The van der Waals surface area contributed by atoms with Crippen LogP contribution in [0.3, 0.4) is 0 Å². The Labute approximate surface area is 116 Å². The number of hydrogen-bond acceptors (Lipinski definition) is 4. The minimum atomic E-state index is 0.00385. The summed E-state index contributed by atoms with van der Waals surface area (Å²) in [4.78, 5) is 13.7. The molecule has 0 radical (unpaired) electrons. The zero-order valence-electron chi connectivity index (χ0n) is 12.2. The Balaban J connectivity index is 2.50. The van der Waals surface area contributed by atoms with Gasteiger partial charge >= 0.3 is 0 Å². The van der Waals surface area contributed by atoms with Crippen LogP contribution in [0.25, 0.3) is 0 Å². The molecule has 3 N–H and O–H groups in total. The summed E-state index contributed by atoms with van der Waals surface area (Å²) in [5, 5.41) is 3.34. The van der Waals surface area contributed by atoms with Crippen LogP contribution in [0, 0.1) is 0 Å². The number of ketones is 1. The highest BCUT2D eigenvalue weighted by Crippen LogP contribution is 2.18. The summed E-state index contributed by atoms with van der Waals surface area (Å²) in [6.45, 7) is 9.99. The van der Waals surface area contributed by atoms with E-state index in [2.05, 4.69) is 24.1 Å². The molecule has 0 spiro atoms. The number of anilines is 2. The van der Waals surface area contributed by atoms with Crippen LogP contribution in [0.2, 0.25) is 0 Å². The molecule has 1 aromatic rings. The van der Waals surface area contributed by atoms with E-state index in [1.54, 1.807) is 6.07 Å². The Hall–Kier alpha value is -1.55. The van der Waals surface area contributed by atoms with Gasteiger partial charge in [-0.3, -0.25) is 4.79 Å². The number of likely N-dealkylation sites (N-methyl/N-ethyl adjacent to an activating group) is 1. The maximum atomic E-state index is 11.3. The highest BCUT2D eigenvalue weighted by molar-refractivity contribution is 5.99. The van der Waals surface area contributed by atoms with Crippen molar-refractivity contribution in [3.05, 3.63) is 23.8 Å². The van der Waals surface area contributed by atoms with E-state index in [9.17, 15) is 4.79 Å². The van der Waals surface area contributed by atoms with Gasteiger partial charge in [-0.1, -0.05) is 13.8 Å². The molecular weight excluding hydrogens is 238 g/mol. The molecule has 0 unspecified atom stereocenters. The Morgan fingerprint density at radius 1 is 1.32 bits per heavy atom. The predicted octanol–water partition coefficient (Wildman–Crippen LogP) is 2.62. The summed E-state index contributed by atoms with van der Waals surface area (Å²) in [7, 11) is 0. The van der Waals surface area contributed by atoms with Gasteiger partial charge in [0.15, 0.2) is 5.78 Å². The molecule has 1 rings (SSSR count). The summed E-state index contributed by atoms with van der Waals surface area (Å²) < 4.78 is 0. The number of carbonyl (C=O) groups excluding carboxylic acids is 1. The fraction of sp³-hybridized carbons (Fsp3) is 0.533. The Morgan fingerprint density at radius 2 is 2.05 bits per heavy atom. The minimum Gasteiger partial charge on any atom is -0.398 e. The van der Waals surface area contributed by atoms with E-state index in [0.717, 1.165) is 31.9 Å². The van der Waals surface area contributed by atoms with Crippen molar-refractivity contribution in [2.75, 3.05) is 37.2 Å². The maximum Gasteiger partial charge on any atom is 0.161 e. The average molecular weight is 263 g/mol. The van der Waals surface area contributed by atoms with E-state index in [1.165, 1.54) is 13.3 Å². The van der Waals surface area contributed by atoms with Crippen LogP contribution in [0.5, 0.6) is 0 Å². The highest BCUT2D eigenvalue weighted by atomic mass is 16.1. The van der Waals surface area contributed by atoms with Crippen LogP contribution >= 0.6 is 0 Å². The molecule has 0 saturated carbocycles. The zero-order chi connectivity index (χ0) is 14.3. The Morgan fingerprint density at radius 3 is 2.58 bits per heavy atom. The number of nitrogens with two attached hydrogens (primary N) is 1. The molecule has 0 bridgehead atoms. The fourth-order valence-electron chi connectivity index (χ4n) is 2.10. The number of nitrogens with zero attached hydrogens (tertiary/aromatic N) is 1. The number of rotatable bonds is 8. The Bertz CT molecular complexity index is 418. The summed E-state index contributed by atoms with van der Waals surface area (Å²) in [5.41, 5.74) is 7.95. The van der Waals surface area contributed by atoms with Crippen molar-refractivity contribution in [2.24, 2.45) is 0 Å². The van der Waals surface area contributed by atoms with Crippen molar-refractivity contribution in [3.8, 4) is 0 Å². The van der Waals surface area contributed by atoms with Crippen LogP contribution < -0.4 is 11.1 Å². The number of nitrogen functional groups attached to an aromatic ring is 1. The average Bonchev–Trinajstić information content (AvgIpc) is 2.37. The zero-order valence-corrected chi connectivity index (χ0v) is 12.2. The number of hydrogen-bond donors (Lipinski definition) is 2. The third-order valence-corrected chi connectivity index (χ3v) is 3.18. The smallest absolute Gasteiger partial charge is 0.161 e. The lowest BCUT2D eigenvalue weighted by atomic mass is 10.1. The second kappa shape index (κ2) is 7.79. The SMILES string of the molecule is CCCN(CC)CCNc1ccc(C(C)=O)c(N)c1. The molecule has 0 aromatic heterocycles. The third kappa shape index (κ3) is 4.91. The Kier molecular flexibility index (Phi) is 6.36. The van der Waals surface area contributed by atoms with Crippen molar-refractivity contribution in [3.63, 3.8) is 0 Å². The minimum absolute atomic E-state index is 0.00385. The molecule has 0 atom stereocenters. The van der Waals surface area contributed by atoms with Crippen molar-refractivity contribution >= 4 is 17.2 Å². The number of benzene rings is 1. The van der Waals surface area contributed by atoms with Crippen LogP contribution in [0.1, 0.15) is 37.6 Å². The molecule has 4 nitrogen and oxygen atoms in total. The number of nitrogens with one attached hydrogen (secondary N) is 1. The van der Waals surface area contributed by atoms with Gasteiger partial charge in [-0.2, -0.15) is 0 Å². The van der Waals surface area contributed by atoms with Gasteiger partial charge in [-0.15, -0.1) is 0 Å². The van der Waals surface area contributed by atoms with Gasteiger partial charge in [0.25, 0.3) is 0 Å². The second-order valence-electron chi connectivity index (χ2n) is 4.72. The summed E-state index contributed by atoms with van der Waals surface area (Å²) >= 11 is 0. The van der Waals surface area contributed by atoms with Crippen LogP contribution in [0.15, 0.2) is 18.2 Å². The van der Waals surface area contributed by atoms with E-state index < -0.39 is 0 Å². The topological polar surface area (TPSA) is 58.4 Å². The molecule has 0 heterocycles. The molecule has 0 aliphatic rings. The van der Waals surface area contributed by atoms with Crippen molar-refractivity contribution in [1.29, 1.82) is 0 Å². The van der Waals surface area contributed by atoms with Crippen molar-refractivity contribution in [1.82, 2.24) is 4.90 Å². The van der Waals surface area contributed by atoms with Gasteiger partial charge in [0.2, 0.25) is 0 Å². The molecular formula is C15H25N3O. The molecule has 106 valence electrons. The van der Waals surface area contributed by atoms with Crippen molar-refractivity contribution in [2.45, 2.75) is 27.2 Å². The highest BCUT2D eigenvalue weighted by Gasteiger charge is 2.05. The molecule has 0 fully saturated rings. The standard InChI is InChI=1S/C15H25N3O/c1-4-9-18(5-2)10-8-17-13-6-7-14(12(3)19)15(16)11-13/h6-7,11,17H,4-5,8-10,16H2,1-3H3. The monoisotopic (exact) mass is 263 g/mol. The van der Waals surface area contributed by atoms with E-state index in [4.69, 9.17) is 5.73 Å². The number of carbonyl (C=O) groups is 1. The van der Waals surface area contributed by atoms with Crippen molar-refractivity contribution < 1.29 is 4.79 Å². The van der Waals surface area contributed by atoms with Gasteiger partial charge in [-0.05, 0) is 44.6 Å².